The van der Waals surface area contributed by atoms with Crippen molar-refractivity contribution in [3.8, 4) is 0 Å². The molecule has 0 saturated carbocycles. The van der Waals surface area contributed by atoms with Crippen LogP contribution in [0.3, 0.4) is 0 Å². The molecule has 0 aliphatic heterocycles. The predicted octanol–water partition coefficient (Wildman–Crippen LogP) is 2.95. The Hall–Kier alpha value is -1.09. The Morgan fingerprint density at radius 2 is 2.25 bits per heavy atom. The Morgan fingerprint density at radius 3 is 2.88 bits per heavy atom. The number of halogens is 1. The van der Waals surface area contributed by atoms with Crippen molar-refractivity contribution in [1.29, 1.82) is 0 Å². The van der Waals surface area contributed by atoms with Gasteiger partial charge in [-0.3, -0.25) is 0 Å². The lowest BCUT2D eigenvalue weighted by molar-refractivity contribution is 0.0694. The maximum Gasteiger partial charge on any atom is 0.336 e. The van der Waals surface area contributed by atoms with Crippen molar-refractivity contribution in [2.24, 2.45) is 5.41 Å². The lowest BCUT2D eigenvalue weighted by Gasteiger charge is -2.31. The van der Waals surface area contributed by atoms with Gasteiger partial charge in [-0.15, -0.1) is 0 Å². The van der Waals surface area contributed by atoms with Crippen molar-refractivity contribution >= 4 is 17.6 Å². The van der Waals surface area contributed by atoms with Crippen molar-refractivity contribution in [3.05, 3.63) is 28.0 Å². The molecule has 0 amide bonds. The summed E-state index contributed by atoms with van der Waals surface area (Å²) in [7, 11) is 0. The molecule has 1 aliphatic carbocycles. The van der Waals surface area contributed by atoms with E-state index in [1.54, 1.807) is 0 Å². The van der Waals surface area contributed by atoms with Gasteiger partial charge in [-0.25, -0.2) is 9.78 Å². The van der Waals surface area contributed by atoms with Gasteiger partial charge in [-0.05, 0) is 36.3 Å². The van der Waals surface area contributed by atoms with Gasteiger partial charge < -0.3 is 5.11 Å². The van der Waals surface area contributed by atoms with Gasteiger partial charge >= 0.3 is 5.97 Å². The molecule has 3 nitrogen and oxygen atoms in total. The van der Waals surface area contributed by atoms with Crippen LogP contribution >= 0.6 is 11.6 Å². The van der Waals surface area contributed by atoms with Gasteiger partial charge in [0.15, 0.2) is 0 Å². The highest BCUT2D eigenvalue weighted by atomic mass is 35.5. The number of fused-ring (bicyclic) bond motifs is 1. The number of hydrogen-bond donors (Lipinski definition) is 1. The Balaban J connectivity index is 2.56. The molecule has 1 aromatic heterocycles. The SMILES string of the molecule is CC1(C)CCc2nc(Cl)cc(C(=O)O)c2C1. The van der Waals surface area contributed by atoms with Gasteiger partial charge in [-0.1, -0.05) is 25.4 Å². The van der Waals surface area contributed by atoms with Crippen LogP contribution in [-0.4, -0.2) is 16.1 Å². The minimum atomic E-state index is -0.918. The fourth-order valence-corrected chi connectivity index (χ4v) is 2.42. The van der Waals surface area contributed by atoms with E-state index in [0.29, 0.717) is 5.56 Å². The van der Waals surface area contributed by atoms with E-state index >= 15 is 0 Å². The first-order valence-electron chi connectivity index (χ1n) is 5.31. The molecule has 16 heavy (non-hydrogen) atoms. The minimum absolute atomic E-state index is 0.146. The Morgan fingerprint density at radius 1 is 1.56 bits per heavy atom. The third-order valence-corrected chi connectivity index (χ3v) is 3.30. The van der Waals surface area contributed by atoms with Crippen LogP contribution in [0.15, 0.2) is 6.07 Å². The van der Waals surface area contributed by atoms with E-state index in [9.17, 15) is 4.79 Å². The molecule has 86 valence electrons. The number of carboxylic acids is 1. The first kappa shape index (κ1) is 11.4. The molecule has 1 aromatic rings. The molecule has 2 rings (SSSR count). The number of aromatic carboxylic acids is 1. The molecule has 1 aliphatic rings. The zero-order chi connectivity index (χ0) is 11.9. The molecule has 1 heterocycles. The number of carbonyl (C=O) groups is 1. The molecule has 0 bridgehead atoms. The molecule has 0 saturated heterocycles. The first-order valence-corrected chi connectivity index (χ1v) is 5.68. The normalized spacial score (nSPS) is 17.9. The van der Waals surface area contributed by atoms with Crippen LogP contribution in [0.4, 0.5) is 0 Å². The van der Waals surface area contributed by atoms with Crippen molar-refractivity contribution < 1.29 is 9.90 Å². The van der Waals surface area contributed by atoms with Crippen molar-refractivity contribution in [2.75, 3.05) is 0 Å². The monoisotopic (exact) mass is 239 g/mol. The lowest BCUT2D eigenvalue weighted by atomic mass is 9.75. The van der Waals surface area contributed by atoms with E-state index in [2.05, 4.69) is 18.8 Å². The fraction of sp³-hybridized carbons (Fsp3) is 0.500. The van der Waals surface area contributed by atoms with Crippen LogP contribution in [0, 0.1) is 5.41 Å². The Bertz CT molecular complexity index is 455. The third-order valence-electron chi connectivity index (χ3n) is 3.10. The van der Waals surface area contributed by atoms with Gasteiger partial charge in [0.25, 0.3) is 0 Å². The summed E-state index contributed by atoms with van der Waals surface area (Å²) >= 11 is 5.82. The topological polar surface area (TPSA) is 50.2 Å². The molecule has 0 unspecified atom stereocenters. The number of rotatable bonds is 1. The van der Waals surface area contributed by atoms with Crippen LogP contribution in [0.1, 0.15) is 41.9 Å². The van der Waals surface area contributed by atoms with Crippen molar-refractivity contribution in [1.82, 2.24) is 4.98 Å². The van der Waals surface area contributed by atoms with E-state index in [1.165, 1.54) is 6.07 Å². The maximum absolute atomic E-state index is 11.1. The maximum atomic E-state index is 11.1. The van der Waals surface area contributed by atoms with E-state index in [0.717, 1.165) is 30.5 Å². The first-order chi connectivity index (χ1) is 7.39. The zero-order valence-corrected chi connectivity index (χ0v) is 10.1. The molecule has 0 radical (unpaired) electrons. The number of aromatic nitrogens is 1. The second-order valence-corrected chi connectivity index (χ2v) is 5.45. The molecule has 0 spiro atoms. The molecular weight excluding hydrogens is 226 g/mol. The third kappa shape index (κ3) is 2.05. The summed E-state index contributed by atoms with van der Waals surface area (Å²) in [6.45, 7) is 4.30. The summed E-state index contributed by atoms with van der Waals surface area (Å²) in [6.07, 6.45) is 2.59. The molecule has 0 atom stereocenters. The molecule has 4 heteroatoms. The second kappa shape index (κ2) is 3.74. The molecule has 0 aromatic carbocycles. The summed E-state index contributed by atoms with van der Waals surface area (Å²) in [5, 5.41) is 9.42. The second-order valence-electron chi connectivity index (χ2n) is 5.06. The summed E-state index contributed by atoms with van der Waals surface area (Å²) in [5.74, 6) is -0.918. The predicted molar refractivity (Wildman–Crippen MR) is 62.0 cm³/mol. The largest absolute Gasteiger partial charge is 0.478 e. The number of hydrogen-bond acceptors (Lipinski definition) is 2. The van der Waals surface area contributed by atoms with E-state index in [-0.39, 0.29) is 10.6 Å². The van der Waals surface area contributed by atoms with Crippen molar-refractivity contribution in [3.63, 3.8) is 0 Å². The van der Waals surface area contributed by atoms with Crippen molar-refractivity contribution in [2.45, 2.75) is 33.1 Å². The highest BCUT2D eigenvalue weighted by Crippen LogP contribution is 2.36. The molecular formula is C12H14ClNO2. The van der Waals surface area contributed by atoms with Crippen LogP contribution < -0.4 is 0 Å². The van der Waals surface area contributed by atoms with Gasteiger partial charge in [0, 0.05) is 5.69 Å². The number of carboxylic acid groups (broad SMARTS) is 1. The smallest absolute Gasteiger partial charge is 0.336 e. The summed E-state index contributed by atoms with van der Waals surface area (Å²) in [4.78, 5) is 15.4. The van der Waals surface area contributed by atoms with Gasteiger partial charge in [0.05, 0.1) is 5.56 Å². The minimum Gasteiger partial charge on any atom is -0.478 e. The lowest BCUT2D eigenvalue weighted by Crippen LogP contribution is -2.25. The van der Waals surface area contributed by atoms with Crippen LogP contribution in [0.25, 0.3) is 0 Å². The highest BCUT2D eigenvalue weighted by Gasteiger charge is 2.29. The average molecular weight is 240 g/mol. The average Bonchev–Trinajstić information content (AvgIpc) is 2.16. The molecule has 0 fully saturated rings. The number of nitrogens with zero attached hydrogens (tertiary/aromatic N) is 1. The summed E-state index contributed by atoms with van der Waals surface area (Å²) in [6, 6.07) is 1.45. The molecule has 1 N–H and O–H groups in total. The standard InChI is InChI=1S/C12H14ClNO2/c1-12(2)4-3-9-8(6-12)7(11(15)16)5-10(13)14-9/h5H,3-4,6H2,1-2H3,(H,15,16). The van der Waals surface area contributed by atoms with Crippen LogP contribution in [0.5, 0.6) is 0 Å². The van der Waals surface area contributed by atoms with Gasteiger partial charge in [0.2, 0.25) is 0 Å². The van der Waals surface area contributed by atoms with E-state index in [1.807, 2.05) is 0 Å². The quantitative estimate of drug-likeness (QED) is 0.767. The van der Waals surface area contributed by atoms with E-state index < -0.39 is 5.97 Å². The Labute approximate surface area is 99.5 Å². The van der Waals surface area contributed by atoms with E-state index in [4.69, 9.17) is 16.7 Å². The highest BCUT2D eigenvalue weighted by molar-refractivity contribution is 6.29. The van der Waals surface area contributed by atoms with Crippen LogP contribution in [-0.2, 0) is 12.8 Å². The summed E-state index contributed by atoms with van der Waals surface area (Å²) < 4.78 is 0. The zero-order valence-electron chi connectivity index (χ0n) is 9.38. The van der Waals surface area contributed by atoms with Gasteiger partial charge in [-0.2, -0.15) is 0 Å². The number of aryl methyl sites for hydroxylation is 1. The van der Waals surface area contributed by atoms with Gasteiger partial charge in [0.1, 0.15) is 5.15 Å². The fourth-order valence-electron chi connectivity index (χ4n) is 2.21. The van der Waals surface area contributed by atoms with Crippen LogP contribution in [0.2, 0.25) is 5.15 Å². The summed E-state index contributed by atoms with van der Waals surface area (Å²) in [5.41, 5.74) is 2.16. The number of pyridine rings is 1. The Kier molecular flexibility index (Phi) is 2.66.